The Hall–Kier alpha value is -3.50. The van der Waals surface area contributed by atoms with E-state index in [4.69, 9.17) is 22.7 Å². The predicted molar refractivity (Wildman–Crippen MR) is 178 cm³/mol. The van der Waals surface area contributed by atoms with Gasteiger partial charge in [-0.3, -0.25) is 15.0 Å². The van der Waals surface area contributed by atoms with Crippen molar-refractivity contribution in [2.45, 2.75) is 38.1 Å². The van der Waals surface area contributed by atoms with Gasteiger partial charge in [-0.15, -0.1) is 12.4 Å². The fourth-order valence-electron chi connectivity index (χ4n) is 4.27. The molecule has 2 fully saturated rings. The lowest BCUT2D eigenvalue weighted by atomic mass is 10.2. The van der Waals surface area contributed by atoms with Gasteiger partial charge in [0.25, 0.3) is 11.8 Å². The molecular weight excluding hydrogens is 630 g/mol. The lowest BCUT2D eigenvalue weighted by molar-refractivity contribution is -0.123. The van der Waals surface area contributed by atoms with E-state index in [0.717, 1.165) is 31.2 Å². The average Bonchev–Trinajstić information content (AvgIpc) is 3.74. The zero-order valence-electron chi connectivity index (χ0n) is 23.1. The Kier molecular flexibility index (Phi) is 11.9. The molecule has 0 bridgehead atoms. The number of amides is 2. The summed E-state index contributed by atoms with van der Waals surface area (Å²) in [6.07, 6.45) is 6.89. The quantitative estimate of drug-likeness (QED) is 0.0991. The summed E-state index contributed by atoms with van der Waals surface area (Å²) in [5, 5.41) is 14.5. The number of nitrogens with one attached hydrogen (secondary N) is 4. The number of anilines is 4. The van der Waals surface area contributed by atoms with Crippen LogP contribution in [0.3, 0.4) is 0 Å². The van der Waals surface area contributed by atoms with Gasteiger partial charge in [0, 0.05) is 18.3 Å². The van der Waals surface area contributed by atoms with E-state index >= 15 is 0 Å². The number of hydrogen-bond donors (Lipinski definition) is 5. The second-order valence-corrected chi connectivity index (χ2v) is 12.0. The molecule has 3 aromatic rings. The van der Waals surface area contributed by atoms with Crippen molar-refractivity contribution >= 4 is 93.5 Å². The van der Waals surface area contributed by atoms with Crippen LogP contribution in [0.2, 0.25) is 0 Å². The first kappa shape index (κ1) is 32.4. The number of nitrogens with two attached hydrogens (primary N) is 1. The summed E-state index contributed by atoms with van der Waals surface area (Å²) in [6.45, 7) is 0.949. The summed E-state index contributed by atoms with van der Waals surface area (Å²) in [7, 11) is 0. The molecule has 1 aliphatic carbocycles. The van der Waals surface area contributed by atoms with E-state index in [-0.39, 0.29) is 48.8 Å². The maximum Gasteiger partial charge on any atom is 0.285 e. The summed E-state index contributed by atoms with van der Waals surface area (Å²) in [6, 6.07) is 9.28. The van der Waals surface area contributed by atoms with E-state index in [1.807, 2.05) is 22.9 Å². The standard InChI is InChI=1S/C27H31N9O3S3.ClH/c28-11-3-12-29-22(37)15-39-20-8-6-19(7-9-20)31-25-32-24(30-18-4-1-2-5-18)33-26(34-25)35-36-23(38)21(42-27(36)40)14-17-10-13-41-16-17;/h6-10,13-14,16,18H,1-5,11-12,15,28H2,(H,29,37)(H3,30,31,32,33,34,35);1H/b21-14-;. The van der Waals surface area contributed by atoms with Gasteiger partial charge in [0.15, 0.2) is 10.9 Å². The Morgan fingerprint density at radius 1 is 1.12 bits per heavy atom. The SMILES string of the molecule is Cl.NCCCNC(=O)COc1ccc(Nc2nc(NC3CCCC3)nc(NN3C(=O)/C(=C/c4ccsc4)SC3=S)n2)cc1. The van der Waals surface area contributed by atoms with Gasteiger partial charge < -0.3 is 26.4 Å². The van der Waals surface area contributed by atoms with Crippen LogP contribution in [0.4, 0.5) is 23.5 Å². The Morgan fingerprint density at radius 3 is 2.58 bits per heavy atom. The Bertz CT molecular complexity index is 1440. The van der Waals surface area contributed by atoms with Crippen LogP contribution in [0, 0.1) is 0 Å². The van der Waals surface area contributed by atoms with Crippen molar-refractivity contribution < 1.29 is 14.3 Å². The molecule has 5 rings (SSSR count). The van der Waals surface area contributed by atoms with E-state index < -0.39 is 0 Å². The number of carbonyl (C=O) groups excluding carboxylic acids is 2. The minimum atomic E-state index is -0.278. The topological polar surface area (TPSA) is 159 Å². The molecule has 228 valence electrons. The molecule has 1 aromatic carbocycles. The van der Waals surface area contributed by atoms with Crippen molar-refractivity contribution in [3.63, 3.8) is 0 Å². The molecule has 1 saturated carbocycles. The van der Waals surface area contributed by atoms with Crippen LogP contribution < -0.4 is 31.8 Å². The highest BCUT2D eigenvalue weighted by atomic mass is 35.5. The second kappa shape index (κ2) is 15.8. The number of hydrogen-bond acceptors (Lipinski definition) is 13. The number of nitrogens with zero attached hydrogens (tertiary/aromatic N) is 4. The minimum absolute atomic E-state index is 0. The third kappa shape index (κ3) is 9.24. The van der Waals surface area contributed by atoms with Gasteiger partial charge >= 0.3 is 0 Å². The first-order valence-electron chi connectivity index (χ1n) is 13.5. The number of aromatic nitrogens is 3. The zero-order chi connectivity index (χ0) is 29.3. The predicted octanol–water partition coefficient (Wildman–Crippen LogP) is 4.53. The highest BCUT2D eigenvalue weighted by Crippen LogP contribution is 2.33. The van der Waals surface area contributed by atoms with Gasteiger partial charge in [-0.25, -0.2) is 0 Å². The van der Waals surface area contributed by atoms with E-state index in [9.17, 15) is 9.59 Å². The number of rotatable bonds is 13. The molecule has 1 aliphatic heterocycles. The molecule has 0 atom stereocenters. The fourth-order valence-corrected chi connectivity index (χ4v) is 6.06. The molecule has 43 heavy (non-hydrogen) atoms. The third-order valence-electron chi connectivity index (χ3n) is 6.35. The molecule has 3 heterocycles. The van der Waals surface area contributed by atoms with Gasteiger partial charge in [-0.1, -0.05) is 24.6 Å². The summed E-state index contributed by atoms with van der Waals surface area (Å²) in [4.78, 5) is 39.1. The molecule has 6 N–H and O–H groups in total. The van der Waals surface area contributed by atoms with Gasteiger partial charge in [-0.05, 0) is 90.8 Å². The number of ether oxygens (including phenoxy) is 1. The van der Waals surface area contributed by atoms with Gasteiger partial charge in [0.1, 0.15) is 5.75 Å². The number of carbonyl (C=O) groups is 2. The lowest BCUT2D eigenvalue weighted by Gasteiger charge is -2.18. The van der Waals surface area contributed by atoms with Crippen molar-refractivity contribution in [3.05, 3.63) is 51.6 Å². The monoisotopic (exact) mass is 661 g/mol. The maximum absolute atomic E-state index is 13.1. The molecule has 0 radical (unpaired) electrons. The summed E-state index contributed by atoms with van der Waals surface area (Å²) in [5.41, 5.74) is 10.1. The highest BCUT2D eigenvalue weighted by Gasteiger charge is 2.33. The fraction of sp³-hybridized carbons (Fsp3) is 0.333. The molecule has 2 aromatic heterocycles. The van der Waals surface area contributed by atoms with Gasteiger partial charge in [-0.2, -0.15) is 31.3 Å². The number of thiophene rings is 1. The highest BCUT2D eigenvalue weighted by molar-refractivity contribution is 8.26. The third-order valence-corrected chi connectivity index (χ3v) is 8.36. The van der Waals surface area contributed by atoms with Crippen molar-refractivity contribution in [1.29, 1.82) is 0 Å². The summed E-state index contributed by atoms with van der Waals surface area (Å²) < 4.78 is 5.92. The van der Waals surface area contributed by atoms with Crippen LogP contribution in [-0.4, -0.2) is 61.8 Å². The molecule has 16 heteroatoms. The number of thioether (sulfide) groups is 1. The Labute approximate surface area is 269 Å². The van der Waals surface area contributed by atoms with Crippen LogP contribution in [0.5, 0.6) is 5.75 Å². The van der Waals surface area contributed by atoms with Gasteiger partial charge in [0.2, 0.25) is 17.8 Å². The van der Waals surface area contributed by atoms with Crippen LogP contribution in [0.25, 0.3) is 6.08 Å². The molecule has 1 saturated heterocycles. The number of benzene rings is 1. The number of hydrazine groups is 1. The molecule has 2 amide bonds. The second-order valence-electron chi connectivity index (χ2n) is 9.55. The van der Waals surface area contributed by atoms with E-state index in [1.54, 1.807) is 35.6 Å². The lowest BCUT2D eigenvalue weighted by Crippen LogP contribution is -2.35. The van der Waals surface area contributed by atoms with Crippen molar-refractivity contribution in [2.24, 2.45) is 5.73 Å². The largest absolute Gasteiger partial charge is 0.484 e. The van der Waals surface area contributed by atoms with Crippen LogP contribution in [0.15, 0.2) is 46.0 Å². The Balaban J connectivity index is 0.00000423. The molecule has 12 nitrogen and oxygen atoms in total. The van der Waals surface area contributed by atoms with E-state index in [0.29, 0.717) is 46.1 Å². The van der Waals surface area contributed by atoms with Crippen molar-refractivity contribution in [2.75, 3.05) is 35.8 Å². The first-order valence-corrected chi connectivity index (χ1v) is 15.7. The minimum Gasteiger partial charge on any atom is -0.484 e. The van der Waals surface area contributed by atoms with Crippen LogP contribution >= 0.6 is 47.7 Å². The van der Waals surface area contributed by atoms with Crippen molar-refractivity contribution in [1.82, 2.24) is 25.3 Å². The Morgan fingerprint density at radius 2 is 1.86 bits per heavy atom. The average molecular weight is 662 g/mol. The maximum atomic E-state index is 13.1. The smallest absolute Gasteiger partial charge is 0.285 e. The normalized spacial score (nSPS) is 15.8. The number of halogens is 1. The number of thiocarbonyl (C=S) groups is 1. The summed E-state index contributed by atoms with van der Waals surface area (Å²) >= 11 is 8.25. The molecule has 2 aliphatic rings. The van der Waals surface area contributed by atoms with Gasteiger partial charge in [0.05, 0.1) is 4.91 Å². The molecule has 0 spiro atoms. The zero-order valence-corrected chi connectivity index (χ0v) is 26.3. The van der Waals surface area contributed by atoms with E-state index in [1.165, 1.54) is 16.8 Å². The van der Waals surface area contributed by atoms with Crippen LogP contribution in [0.1, 0.15) is 37.7 Å². The summed E-state index contributed by atoms with van der Waals surface area (Å²) in [5.74, 6) is 0.895. The van der Waals surface area contributed by atoms with Crippen molar-refractivity contribution in [3.8, 4) is 5.75 Å². The molecular formula is C27H32ClN9O3S3. The first-order chi connectivity index (χ1) is 20.5. The van der Waals surface area contributed by atoms with Crippen LogP contribution in [-0.2, 0) is 9.59 Å². The molecule has 0 unspecified atom stereocenters. The van der Waals surface area contributed by atoms with E-state index in [2.05, 4.69) is 36.3 Å².